The van der Waals surface area contributed by atoms with Gasteiger partial charge in [-0.15, -0.1) is 0 Å². The van der Waals surface area contributed by atoms with E-state index in [9.17, 15) is 5.11 Å². The van der Waals surface area contributed by atoms with Crippen LogP contribution >= 0.6 is 0 Å². The number of aliphatic hydroxyl groups excluding tert-OH is 1. The van der Waals surface area contributed by atoms with Gasteiger partial charge in [-0.3, -0.25) is 4.90 Å². The summed E-state index contributed by atoms with van der Waals surface area (Å²) in [6.07, 6.45) is 1.73. The molecule has 1 aromatic carbocycles. The second-order valence-corrected chi connectivity index (χ2v) is 5.85. The molecule has 2 atom stereocenters. The summed E-state index contributed by atoms with van der Waals surface area (Å²) in [5.41, 5.74) is 1.03. The predicted molar refractivity (Wildman–Crippen MR) is 83.8 cm³/mol. The third-order valence-corrected chi connectivity index (χ3v) is 4.52. The van der Waals surface area contributed by atoms with Crippen LogP contribution in [0.3, 0.4) is 0 Å². The normalized spacial score (nSPS) is 20.8. The number of nitrogens with zero attached hydrogens (tertiary/aromatic N) is 2. The Balaban J connectivity index is 1.71. The van der Waals surface area contributed by atoms with Crippen molar-refractivity contribution in [1.29, 1.82) is 0 Å². The smallest absolute Gasteiger partial charge is 0.0802 e. The summed E-state index contributed by atoms with van der Waals surface area (Å²) >= 11 is 0. The van der Waals surface area contributed by atoms with Crippen LogP contribution in [-0.4, -0.2) is 53.7 Å². The Morgan fingerprint density at radius 1 is 1.10 bits per heavy atom. The Morgan fingerprint density at radius 2 is 1.75 bits per heavy atom. The molecule has 0 amide bonds. The lowest BCUT2D eigenvalue weighted by molar-refractivity contribution is 0.0830. The van der Waals surface area contributed by atoms with Crippen LogP contribution in [0.15, 0.2) is 30.3 Å². The van der Waals surface area contributed by atoms with Gasteiger partial charge in [-0.25, -0.2) is 0 Å². The summed E-state index contributed by atoms with van der Waals surface area (Å²) in [5, 5.41) is 10.2. The van der Waals surface area contributed by atoms with Crippen molar-refractivity contribution in [3.8, 4) is 0 Å². The van der Waals surface area contributed by atoms with Gasteiger partial charge in [-0.05, 0) is 25.3 Å². The second-order valence-electron chi connectivity index (χ2n) is 5.85. The van der Waals surface area contributed by atoms with Crippen molar-refractivity contribution in [1.82, 2.24) is 9.80 Å². The lowest BCUT2D eigenvalue weighted by atomic mass is 10.1. The Kier molecular flexibility index (Phi) is 6.02. The van der Waals surface area contributed by atoms with Crippen LogP contribution in [0.25, 0.3) is 0 Å². The number of rotatable bonds is 6. The van der Waals surface area contributed by atoms with Crippen LogP contribution in [0.2, 0.25) is 0 Å². The largest absolute Gasteiger partial charge is 0.388 e. The summed E-state index contributed by atoms with van der Waals surface area (Å²) in [7, 11) is 0. The van der Waals surface area contributed by atoms with Gasteiger partial charge in [-0.1, -0.05) is 37.3 Å². The van der Waals surface area contributed by atoms with Crippen LogP contribution in [-0.2, 0) is 0 Å². The molecule has 0 spiro atoms. The Labute approximate surface area is 123 Å². The molecular formula is C17H28N2O. The van der Waals surface area contributed by atoms with Crippen molar-refractivity contribution < 1.29 is 5.11 Å². The molecule has 1 aliphatic rings. The molecule has 1 fully saturated rings. The summed E-state index contributed by atoms with van der Waals surface area (Å²) in [6, 6.07) is 10.7. The summed E-state index contributed by atoms with van der Waals surface area (Å²) in [4.78, 5) is 5.05. The molecular weight excluding hydrogens is 248 g/mol. The first-order valence-electron chi connectivity index (χ1n) is 7.90. The Hall–Kier alpha value is -0.900. The lowest BCUT2D eigenvalue weighted by Crippen LogP contribution is -2.49. The minimum Gasteiger partial charge on any atom is -0.388 e. The van der Waals surface area contributed by atoms with E-state index < -0.39 is 0 Å². The number of hydrogen-bond donors (Lipinski definition) is 1. The van der Waals surface area contributed by atoms with E-state index in [4.69, 9.17) is 0 Å². The number of aliphatic hydroxyl groups is 1. The maximum absolute atomic E-state index is 10.2. The molecule has 112 valence electrons. The van der Waals surface area contributed by atoms with Crippen LogP contribution in [0, 0.1) is 0 Å². The van der Waals surface area contributed by atoms with Crippen LogP contribution in [0.5, 0.6) is 0 Å². The first kappa shape index (κ1) is 15.5. The fraction of sp³-hybridized carbons (Fsp3) is 0.647. The monoisotopic (exact) mass is 276 g/mol. The van der Waals surface area contributed by atoms with Gasteiger partial charge in [0.2, 0.25) is 0 Å². The van der Waals surface area contributed by atoms with Gasteiger partial charge in [0.25, 0.3) is 0 Å². The fourth-order valence-electron chi connectivity index (χ4n) is 2.83. The van der Waals surface area contributed by atoms with Gasteiger partial charge in [0, 0.05) is 38.8 Å². The SMILES string of the molecule is CCC(C)N1CCN(CCC(O)c2ccccc2)CC1. The molecule has 1 aliphatic heterocycles. The molecule has 0 aliphatic carbocycles. The molecule has 3 heteroatoms. The Bertz CT molecular complexity index is 374. The first-order valence-corrected chi connectivity index (χ1v) is 7.90. The van der Waals surface area contributed by atoms with E-state index >= 15 is 0 Å². The van der Waals surface area contributed by atoms with Gasteiger partial charge < -0.3 is 10.0 Å². The van der Waals surface area contributed by atoms with Crippen molar-refractivity contribution >= 4 is 0 Å². The third-order valence-electron chi connectivity index (χ3n) is 4.52. The summed E-state index contributed by atoms with van der Waals surface area (Å²) in [6.45, 7) is 10.1. The molecule has 2 unspecified atom stereocenters. The molecule has 0 bridgehead atoms. The molecule has 3 nitrogen and oxygen atoms in total. The maximum Gasteiger partial charge on any atom is 0.0802 e. The fourth-order valence-corrected chi connectivity index (χ4v) is 2.83. The number of piperazine rings is 1. The zero-order chi connectivity index (χ0) is 14.4. The molecule has 20 heavy (non-hydrogen) atoms. The predicted octanol–water partition coefficient (Wildman–Crippen LogP) is 2.53. The minimum atomic E-state index is -0.330. The second kappa shape index (κ2) is 7.77. The third kappa shape index (κ3) is 4.30. The van der Waals surface area contributed by atoms with E-state index in [1.807, 2.05) is 30.3 Å². The van der Waals surface area contributed by atoms with E-state index in [2.05, 4.69) is 23.6 Å². The molecule has 1 heterocycles. The first-order chi connectivity index (χ1) is 9.70. The van der Waals surface area contributed by atoms with Crippen LogP contribution in [0.4, 0.5) is 0 Å². The topological polar surface area (TPSA) is 26.7 Å². The number of benzene rings is 1. The van der Waals surface area contributed by atoms with Gasteiger partial charge in [0.1, 0.15) is 0 Å². The van der Waals surface area contributed by atoms with Gasteiger partial charge >= 0.3 is 0 Å². The average molecular weight is 276 g/mol. The standard InChI is InChI=1S/C17H28N2O/c1-3-15(2)19-13-11-18(12-14-19)10-9-17(20)16-7-5-4-6-8-16/h4-8,15,17,20H,3,9-14H2,1-2H3. The lowest BCUT2D eigenvalue weighted by Gasteiger charge is -2.38. The molecule has 1 N–H and O–H groups in total. The molecule has 1 saturated heterocycles. The number of hydrogen-bond acceptors (Lipinski definition) is 3. The zero-order valence-electron chi connectivity index (χ0n) is 12.8. The van der Waals surface area contributed by atoms with Gasteiger partial charge in [-0.2, -0.15) is 0 Å². The van der Waals surface area contributed by atoms with Crippen molar-refractivity contribution in [2.24, 2.45) is 0 Å². The average Bonchev–Trinajstić information content (AvgIpc) is 2.53. The molecule has 1 aromatic rings. The highest BCUT2D eigenvalue weighted by atomic mass is 16.3. The van der Waals surface area contributed by atoms with Crippen LogP contribution < -0.4 is 0 Å². The maximum atomic E-state index is 10.2. The van der Waals surface area contributed by atoms with Crippen molar-refractivity contribution in [2.45, 2.75) is 38.8 Å². The summed E-state index contributed by atoms with van der Waals surface area (Å²) in [5.74, 6) is 0. The Morgan fingerprint density at radius 3 is 2.35 bits per heavy atom. The quantitative estimate of drug-likeness (QED) is 0.865. The molecule has 0 saturated carbocycles. The highest BCUT2D eigenvalue weighted by Crippen LogP contribution is 2.17. The highest BCUT2D eigenvalue weighted by Gasteiger charge is 2.20. The van der Waals surface area contributed by atoms with E-state index in [-0.39, 0.29) is 6.10 Å². The van der Waals surface area contributed by atoms with E-state index in [0.717, 1.165) is 44.7 Å². The molecule has 2 rings (SSSR count). The van der Waals surface area contributed by atoms with E-state index in [1.165, 1.54) is 6.42 Å². The van der Waals surface area contributed by atoms with E-state index in [1.54, 1.807) is 0 Å². The van der Waals surface area contributed by atoms with Crippen LogP contribution in [0.1, 0.15) is 38.4 Å². The van der Waals surface area contributed by atoms with Crippen molar-refractivity contribution in [3.05, 3.63) is 35.9 Å². The summed E-state index contributed by atoms with van der Waals surface area (Å²) < 4.78 is 0. The molecule has 0 radical (unpaired) electrons. The van der Waals surface area contributed by atoms with Gasteiger partial charge in [0.05, 0.1) is 6.10 Å². The van der Waals surface area contributed by atoms with Crippen molar-refractivity contribution in [3.63, 3.8) is 0 Å². The highest BCUT2D eigenvalue weighted by molar-refractivity contribution is 5.17. The van der Waals surface area contributed by atoms with Crippen molar-refractivity contribution in [2.75, 3.05) is 32.7 Å². The van der Waals surface area contributed by atoms with Gasteiger partial charge in [0.15, 0.2) is 0 Å². The van der Waals surface area contributed by atoms with E-state index in [0.29, 0.717) is 6.04 Å². The zero-order valence-corrected chi connectivity index (χ0v) is 12.8. The molecule has 0 aromatic heterocycles. The minimum absolute atomic E-state index is 0.330.